The summed E-state index contributed by atoms with van der Waals surface area (Å²) in [5, 5.41) is 2.76. The fourth-order valence-electron chi connectivity index (χ4n) is 3.29. The molecule has 1 aliphatic rings. The number of likely N-dealkylation sites (N-methyl/N-ethyl adjacent to an activating group) is 1. The van der Waals surface area contributed by atoms with Crippen molar-refractivity contribution in [3.63, 3.8) is 0 Å². The summed E-state index contributed by atoms with van der Waals surface area (Å²) < 4.78 is 0. The molecule has 1 aliphatic heterocycles. The fraction of sp³-hybridized carbons (Fsp3) is 0.611. The number of aryl methyl sites for hydroxylation is 1. The Morgan fingerprint density at radius 2 is 1.96 bits per heavy atom. The number of rotatable bonds is 5. The molecule has 2 amide bonds. The quantitative estimate of drug-likeness (QED) is 0.892. The van der Waals surface area contributed by atoms with Crippen LogP contribution in [0.5, 0.6) is 0 Å². The molecule has 1 aromatic heterocycles. The van der Waals surface area contributed by atoms with Gasteiger partial charge in [0.05, 0.1) is 13.1 Å². The summed E-state index contributed by atoms with van der Waals surface area (Å²) in [7, 11) is 1.79. The van der Waals surface area contributed by atoms with Crippen molar-refractivity contribution in [1.29, 1.82) is 0 Å². The molecular formula is C18H28N4O2. The van der Waals surface area contributed by atoms with Crippen molar-refractivity contribution in [3.8, 4) is 0 Å². The van der Waals surface area contributed by atoms with Crippen LogP contribution in [0.1, 0.15) is 25.8 Å². The zero-order chi connectivity index (χ0) is 17.7. The molecule has 0 aromatic carbocycles. The summed E-state index contributed by atoms with van der Waals surface area (Å²) in [5.41, 5.74) is 1.04. The van der Waals surface area contributed by atoms with E-state index in [1.807, 2.05) is 24.0 Å². The Kier molecular flexibility index (Phi) is 6.31. The highest BCUT2D eigenvalue weighted by molar-refractivity contribution is 5.91. The van der Waals surface area contributed by atoms with E-state index in [-0.39, 0.29) is 24.9 Å². The predicted octanol–water partition coefficient (Wildman–Crippen LogP) is 1.76. The van der Waals surface area contributed by atoms with Crippen LogP contribution in [0, 0.1) is 18.8 Å². The maximum absolute atomic E-state index is 12.4. The number of hydrogen-bond acceptors (Lipinski definition) is 4. The van der Waals surface area contributed by atoms with Gasteiger partial charge in [-0.05, 0) is 49.9 Å². The van der Waals surface area contributed by atoms with Gasteiger partial charge in [-0.15, -0.1) is 0 Å². The van der Waals surface area contributed by atoms with Gasteiger partial charge in [-0.1, -0.05) is 13.8 Å². The van der Waals surface area contributed by atoms with Crippen LogP contribution in [0.3, 0.4) is 0 Å². The number of pyridine rings is 1. The number of nitrogens with one attached hydrogen (secondary N) is 1. The topological polar surface area (TPSA) is 65.5 Å². The minimum absolute atomic E-state index is 0.0948. The lowest BCUT2D eigenvalue weighted by Gasteiger charge is -2.35. The van der Waals surface area contributed by atoms with E-state index in [1.165, 1.54) is 6.42 Å². The minimum atomic E-state index is -0.163. The lowest BCUT2D eigenvalue weighted by atomic mass is 9.92. The normalized spacial score (nSPS) is 21.0. The third-order valence-electron chi connectivity index (χ3n) is 4.22. The standard InChI is InChI=1S/C18H28N4O2/c1-13-5-6-19-16(8-13)20-17(23)11-21(4)12-18(24)22-9-14(2)7-15(3)10-22/h5-6,8,14-15H,7,9-12H2,1-4H3,(H,19,20,23). The molecule has 1 saturated heterocycles. The number of carbonyl (C=O) groups excluding carboxylic acids is 2. The van der Waals surface area contributed by atoms with E-state index < -0.39 is 0 Å². The molecule has 0 bridgehead atoms. The summed E-state index contributed by atoms with van der Waals surface area (Å²) in [6, 6.07) is 3.70. The summed E-state index contributed by atoms with van der Waals surface area (Å²) >= 11 is 0. The Morgan fingerprint density at radius 1 is 1.29 bits per heavy atom. The zero-order valence-corrected chi connectivity index (χ0v) is 15.1. The van der Waals surface area contributed by atoms with Crippen molar-refractivity contribution in [2.24, 2.45) is 11.8 Å². The maximum atomic E-state index is 12.4. The van der Waals surface area contributed by atoms with Gasteiger partial charge in [-0.25, -0.2) is 4.98 Å². The van der Waals surface area contributed by atoms with E-state index in [4.69, 9.17) is 0 Å². The van der Waals surface area contributed by atoms with Gasteiger partial charge in [0.2, 0.25) is 11.8 Å². The van der Waals surface area contributed by atoms with Crippen LogP contribution in [-0.2, 0) is 9.59 Å². The Balaban J connectivity index is 1.80. The molecule has 0 spiro atoms. The number of carbonyl (C=O) groups is 2. The number of aromatic nitrogens is 1. The largest absolute Gasteiger partial charge is 0.341 e. The second-order valence-electron chi connectivity index (χ2n) is 7.18. The highest BCUT2D eigenvalue weighted by Gasteiger charge is 2.26. The van der Waals surface area contributed by atoms with E-state index in [2.05, 4.69) is 24.1 Å². The fourth-order valence-corrected chi connectivity index (χ4v) is 3.29. The van der Waals surface area contributed by atoms with E-state index >= 15 is 0 Å². The van der Waals surface area contributed by atoms with E-state index in [1.54, 1.807) is 18.1 Å². The molecule has 24 heavy (non-hydrogen) atoms. The van der Waals surface area contributed by atoms with Crippen molar-refractivity contribution >= 4 is 17.6 Å². The van der Waals surface area contributed by atoms with E-state index in [9.17, 15) is 9.59 Å². The molecule has 6 heteroatoms. The van der Waals surface area contributed by atoms with Crippen molar-refractivity contribution in [1.82, 2.24) is 14.8 Å². The van der Waals surface area contributed by atoms with E-state index in [0.717, 1.165) is 18.7 Å². The average Bonchev–Trinajstić information content (AvgIpc) is 2.45. The molecule has 1 N–H and O–H groups in total. The van der Waals surface area contributed by atoms with Crippen molar-refractivity contribution in [2.45, 2.75) is 27.2 Å². The number of amides is 2. The first-order valence-corrected chi connectivity index (χ1v) is 8.52. The first-order chi connectivity index (χ1) is 11.3. The van der Waals surface area contributed by atoms with Crippen LogP contribution in [0.4, 0.5) is 5.82 Å². The average molecular weight is 332 g/mol. The van der Waals surface area contributed by atoms with Crippen LogP contribution < -0.4 is 5.32 Å². The SMILES string of the molecule is Cc1ccnc(NC(=O)CN(C)CC(=O)N2CC(C)CC(C)C2)c1. The summed E-state index contributed by atoms with van der Waals surface area (Å²) in [6.45, 7) is 8.37. The van der Waals surface area contributed by atoms with Gasteiger partial charge in [0, 0.05) is 19.3 Å². The first-order valence-electron chi connectivity index (χ1n) is 8.52. The zero-order valence-electron chi connectivity index (χ0n) is 15.1. The third-order valence-corrected chi connectivity index (χ3v) is 4.22. The van der Waals surface area contributed by atoms with Gasteiger partial charge >= 0.3 is 0 Å². The number of nitrogens with zero attached hydrogens (tertiary/aromatic N) is 3. The highest BCUT2D eigenvalue weighted by Crippen LogP contribution is 2.20. The second-order valence-corrected chi connectivity index (χ2v) is 7.18. The molecular weight excluding hydrogens is 304 g/mol. The molecule has 2 atom stereocenters. The molecule has 2 rings (SSSR count). The monoisotopic (exact) mass is 332 g/mol. The van der Waals surface area contributed by atoms with Gasteiger partial charge in [-0.3, -0.25) is 14.5 Å². The molecule has 0 aliphatic carbocycles. The van der Waals surface area contributed by atoms with Gasteiger partial charge < -0.3 is 10.2 Å². The molecule has 1 fully saturated rings. The molecule has 6 nitrogen and oxygen atoms in total. The Labute approximate surface area is 144 Å². The lowest BCUT2D eigenvalue weighted by molar-refractivity contribution is -0.135. The molecule has 2 unspecified atom stereocenters. The third kappa shape index (κ3) is 5.60. The first kappa shape index (κ1) is 18.4. The van der Waals surface area contributed by atoms with Gasteiger partial charge in [-0.2, -0.15) is 0 Å². The lowest BCUT2D eigenvalue weighted by Crippen LogP contribution is -2.47. The van der Waals surface area contributed by atoms with Crippen LogP contribution >= 0.6 is 0 Å². The second kappa shape index (κ2) is 8.24. The Bertz CT molecular complexity index is 580. The summed E-state index contributed by atoms with van der Waals surface area (Å²) in [6.07, 6.45) is 2.84. The van der Waals surface area contributed by atoms with Crippen molar-refractivity contribution in [2.75, 3.05) is 38.5 Å². The minimum Gasteiger partial charge on any atom is -0.341 e. The van der Waals surface area contributed by atoms with Gasteiger partial charge in [0.25, 0.3) is 0 Å². The molecule has 132 valence electrons. The molecule has 0 saturated carbocycles. The van der Waals surface area contributed by atoms with Crippen molar-refractivity contribution in [3.05, 3.63) is 23.9 Å². The summed E-state index contributed by atoms with van der Waals surface area (Å²) in [5.74, 6) is 1.55. The molecule has 1 aromatic rings. The van der Waals surface area contributed by atoms with Gasteiger partial charge in [0.1, 0.15) is 5.82 Å². The predicted molar refractivity (Wildman–Crippen MR) is 94.6 cm³/mol. The van der Waals surface area contributed by atoms with Crippen LogP contribution in [0.25, 0.3) is 0 Å². The van der Waals surface area contributed by atoms with E-state index in [0.29, 0.717) is 17.7 Å². The van der Waals surface area contributed by atoms with Crippen molar-refractivity contribution < 1.29 is 9.59 Å². The number of piperidine rings is 1. The number of hydrogen-bond donors (Lipinski definition) is 1. The Hall–Kier alpha value is -1.95. The molecule has 2 heterocycles. The van der Waals surface area contributed by atoms with Gasteiger partial charge in [0.15, 0.2) is 0 Å². The Morgan fingerprint density at radius 3 is 2.58 bits per heavy atom. The molecule has 0 radical (unpaired) electrons. The van der Waals surface area contributed by atoms with Crippen LogP contribution in [0.15, 0.2) is 18.3 Å². The summed E-state index contributed by atoms with van der Waals surface area (Å²) in [4.78, 5) is 32.3. The number of anilines is 1. The van der Waals surface area contributed by atoms with Crippen LogP contribution in [-0.4, -0.2) is 59.8 Å². The smallest absolute Gasteiger partial charge is 0.239 e. The number of likely N-dealkylation sites (tertiary alicyclic amines) is 1. The maximum Gasteiger partial charge on any atom is 0.239 e. The van der Waals surface area contributed by atoms with Crippen LogP contribution in [0.2, 0.25) is 0 Å². The highest BCUT2D eigenvalue weighted by atomic mass is 16.2.